The SMILES string of the molecule is COc1cc(C(F)(F)F)cc(Br)c1C1(N=C=O)CC1. The van der Waals surface area contributed by atoms with Gasteiger partial charge in [0.15, 0.2) is 0 Å². The van der Waals surface area contributed by atoms with Gasteiger partial charge >= 0.3 is 6.18 Å². The van der Waals surface area contributed by atoms with E-state index in [1.54, 1.807) is 0 Å². The normalized spacial score (nSPS) is 16.7. The summed E-state index contributed by atoms with van der Waals surface area (Å²) in [6.45, 7) is 0. The van der Waals surface area contributed by atoms with Crippen LogP contribution in [0.2, 0.25) is 0 Å². The molecule has 0 aliphatic heterocycles. The minimum absolute atomic E-state index is 0.0678. The van der Waals surface area contributed by atoms with E-state index < -0.39 is 17.3 Å². The maximum Gasteiger partial charge on any atom is 0.416 e. The molecule has 1 aromatic carbocycles. The van der Waals surface area contributed by atoms with Gasteiger partial charge in [-0.25, -0.2) is 4.79 Å². The Bertz CT molecular complexity index is 561. The smallest absolute Gasteiger partial charge is 0.416 e. The number of benzene rings is 1. The van der Waals surface area contributed by atoms with Crippen LogP contribution in [0, 0.1) is 0 Å². The first kappa shape index (κ1) is 14.1. The van der Waals surface area contributed by atoms with E-state index in [4.69, 9.17) is 4.74 Å². The highest BCUT2D eigenvalue weighted by atomic mass is 79.9. The van der Waals surface area contributed by atoms with Gasteiger partial charge < -0.3 is 4.74 Å². The predicted molar refractivity (Wildman–Crippen MR) is 64.7 cm³/mol. The second-order valence-electron chi connectivity index (χ2n) is 4.27. The highest BCUT2D eigenvalue weighted by molar-refractivity contribution is 9.10. The van der Waals surface area contributed by atoms with Crippen molar-refractivity contribution in [2.45, 2.75) is 24.6 Å². The van der Waals surface area contributed by atoms with Crippen LogP contribution in [-0.4, -0.2) is 13.2 Å². The van der Waals surface area contributed by atoms with Crippen molar-refractivity contribution in [3.05, 3.63) is 27.7 Å². The summed E-state index contributed by atoms with van der Waals surface area (Å²) in [6.07, 6.45) is -1.82. The lowest BCUT2D eigenvalue weighted by atomic mass is 10.0. The fraction of sp³-hybridized carbons (Fsp3) is 0.417. The molecule has 0 amide bonds. The molecule has 7 heteroatoms. The van der Waals surface area contributed by atoms with Crippen LogP contribution in [0.1, 0.15) is 24.0 Å². The summed E-state index contributed by atoms with van der Waals surface area (Å²) >= 11 is 3.11. The fourth-order valence-electron chi connectivity index (χ4n) is 1.98. The number of rotatable bonds is 3. The monoisotopic (exact) mass is 335 g/mol. The molecule has 0 spiro atoms. The number of aliphatic imine (C=N–C) groups is 1. The van der Waals surface area contributed by atoms with Crippen molar-refractivity contribution in [3.8, 4) is 5.75 Å². The number of methoxy groups -OCH3 is 1. The summed E-state index contributed by atoms with van der Waals surface area (Å²) in [5, 5.41) is 0. The summed E-state index contributed by atoms with van der Waals surface area (Å²) in [5.74, 6) is 0.0678. The van der Waals surface area contributed by atoms with Crippen molar-refractivity contribution in [1.82, 2.24) is 0 Å². The molecule has 102 valence electrons. The Labute approximate surface area is 115 Å². The molecule has 0 bridgehead atoms. The number of nitrogens with zero attached hydrogens (tertiary/aromatic N) is 1. The van der Waals surface area contributed by atoms with Crippen LogP contribution in [0.3, 0.4) is 0 Å². The topological polar surface area (TPSA) is 38.7 Å². The molecule has 0 N–H and O–H groups in total. The van der Waals surface area contributed by atoms with Gasteiger partial charge in [-0.05, 0) is 25.0 Å². The number of isocyanates is 1. The quantitative estimate of drug-likeness (QED) is 0.622. The van der Waals surface area contributed by atoms with Crippen LogP contribution in [0.25, 0.3) is 0 Å². The largest absolute Gasteiger partial charge is 0.496 e. The molecule has 1 fully saturated rings. The lowest BCUT2D eigenvalue weighted by molar-refractivity contribution is -0.137. The molecule has 0 aromatic heterocycles. The summed E-state index contributed by atoms with van der Waals surface area (Å²) in [6, 6.07) is 1.89. The van der Waals surface area contributed by atoms with Crippen LogP contribution in [0.15, 0.2) is 21.6 Å². The van der Waals surface area contributed by atoms with E-state index in [0.717, 1.165) is 12.1 Å². The maximum atomic E-state index is 12.7. The molecule has 1 aliphatic rings. The second-order valence-corrected chi connectivity index (χ2v) is 5.12. The first-order valence-corrected chi connectivity index (χ1v) is 6.17. The second kappa shape index (κ2) is 4.65. The Morgan fingerprint density at radius 3 is 2.47 bits per heavy atom. The fourth-order valence-corrected chi connectivity index (χ4v) is 2.79. The number of hydrogen-bond donors (Lipinski definition) is 0. The van der Waals surface area contributed by atoms with Gasteiger partial charge in [-0.2, -0.15) is 18.2 Å². The Hall–Kier alpha value is -1.33. The van der Waals surface area contributed by atoms with E-state index in [0.29, 0.717) is 18.4 Å². The Morgan fingerprint density at radius 1 is 1.42 bits per heavy atom. The third-order valence-corrected chi connectivity index (χ3v) is 3.68. The molecular formula is C12H9BrF3NO2. The van der Waals surface area contributed by atoms with Crippen LogP contribution in [-0.2, 0) is 16.5 Å². The predicted octanol–water partition coefficient (Wildman–Crippen LogP) is 3.80. The van der Waals surface area contributed by atoms with Crippen molar-refractivity contribution in [2.24, 2.45) is 4.99 Å². The van der Waals surface area contributed by atoms with E-state index >= 15 is 0 Å². The van der Waals surface area contributed by atoms with Gasteiger partial charge in [0.2, 0.25) is 6.08 Å². The van der Waals surface area contributed by atoms with E-state index in [1.807, 2.05) is 0 Å². The molecule has 1 aliphatic carbocycles. The van der Waals surface area contributed by atoms with Gasteiger partial charge in [-0.1, -0.05) is 15.9 Å². The van der Waals surface area contributed by atoms with Gasteiger partial charge in [-0.3, -0.25) is 0 Å². The number of carbonyl (C=O) groups excluding carboxylic acids is 1. The zero-order valence-corrected chi connectivity index (χ0v) is 11.4. The highest BCUT2D eigenvalue weighted by Gasteiger charge is 2.49. The molecule has 0 saturated heterocycles. The molecule has 2 rings (SSSR count). The third kappa shape index (κ3) is 2.53. The summed E-state index contributed by atoms with van der Waals surface area (Å²) < 4.78 is 43.4. The number of ether oxygens (including phenoxy) is 1. The van der Waals surface area contributed by atoms with Crippen molar-refractivity contribution in [2.75, 3.05) is 7.11 Å². The summed E-state index contributed by atoms with van der Waals surface area (Å²) in [5.41, 5.74) is -1.15. The van der Waals surface area contributed by atoms with E-state index in [9.17, 15) is 18.0 Å². The molecule has 0 atom stereocenters. The van der Waals surface area contributed by atoms with Crippen LogP contribution < -0.4 is 4.74 Å². The minimum atomic E-state index is -4.46. The maximum absolute atomic E-state index is 12.7. The molecule has 19 heavy (non-hydrogen) atoms. The van der Waals surface area contributed by atoms with Gasteiger partial charge in [0.05, 0.1) is 12.7 Å². The molecule has 3 nitrogen and oxygen atoms in total. The zero-order valence-electron chi connectivity index (χ0n) is 9.84. The minimum Gasteiger partial charge on any atom is -0.496 e. The standard InChI is InChI=1S/C12H9BrF3NO2/c1-19-9-5-7(12(14,15)16)4-8(13)10(9)11(2-3-11)17-6-18/h4-5H,2-3H2,1H3. The van der Waals surface area contributed by atoms with E-state index in [1.165, 1.54) is 13.2 Å². The molecular weight excluding hydrogens is 327 g/mol. The van der Waals surface area contributed by atoms with E-state index in [-0.39, 0.29) is 10.2 Å². The van der Waals surface area contributed by atoms with Gasteiger partial charge in [0, 0.05) is 10.0 Å². The lowest BCUT2D eigenvalue weighted by Crippen LogP contribution is -2.11. The van der Waals surface area contributed by atoms with Crippen molar-refractivity contribution in [1.29, 1.82) is 0 Å². The van der Waals surface area contributed by atoms with Crippen molar-refractivity contribution in [3.63, 3.8) is 0 Å². The first-order valence-electron chi connectivity index (χ1n) is 5.38. The average Bonchev–Trinajstić information content (AvgIpc) is 3.07. The Balaban J connectivity index is 2.60. The highest BCUT2D eigenvalue weighted by Crippen LogP contribution is 2.55. The number of hydrogen-bond acceptors (Lipinski definition) is 3. The van der Waals surface area contributed by atoms with Crippen molar-refractivity contribution >= 4 is 22.0 Å². The van der Waals surface area contributed by atoms with Gasteiger partial charge in [0.25, 0.3) is 0 Å². The molecule has 0 radical (unpaired) electrons. The lowest BCUT2D eigenvalue weighted by Gasteiger charge is -2.18. The van der Waals surface area contributed by atoms with E-state index in [2.05, 4.69) is 20.9 Å². The number of alkyl halides is 3. The first-order chi connectivity index (χ1) is 8.84. The Morgan fingerprint density at radius 2 is 2.05 bits per heavy atom. The zero-order chi connectivity index (χ0) is 14.3. The van der Waals surface area contributed by atoms with Crippen LogP contribution in [0.5, 0.6) is 5.75 Å². The molecule has 0 unspecified atom stereocenters. The summed E-state index contributed by atoms with van der Waals surface area (Å²) in [4.78, 5) is 14.1. The van der Waals surface area contributed by atoms with Gasteiger partial charge in [0.1, 0.15) is 11.3 Å². The molecule has 1 saturated carbocycles. The third-order valence-electron chi connectivity index (χ3n) is 3.05. The number of halogens is 4. The van der Waals surface area contributed by atoms with Gasteiger partial charge in [-0.15, -0.1) is 0 Å². The molecule has 0 heterocycles. The van der Waals surface area contributed by atoms with Crippen LogP contribution >= 0.6 is 15.9 Å². The Kier molecular flexibility index (Phi) is 3.45. The van der Waals surface area contributed by atoms with Crippen LogP contribution in [0.4, 0.5) is 13.2 Å². The average molecular weight is 336 g/mol. The molecule has 1 aromatic rings. The summed E-state index contributed by atoms with van der Waals surface area (Å²) in [7, 11) is 1.28. The van der Waals surface area contributed by atoms with Crippen molar-refractivity contribution < 1.29 is 22.7 Å².